The molecule has 0 aliphatic carbocycles. The zero-order valence-corrected chi connectivity index (χ0v) is 28.6. The van der Waals surface area contributed by atoms with Crippen LogP contribution in [0.5, 0.6) is 0 Å². The molecule has 0 amide bonds. The van der Waals surface area contributed by atoms with E-state index in [9.17, 15) is 0 Å². The molecule has 9 aromatic carbocycles. The zero-order chi connectivity index (χ0) is 34.9. The van der Waals surface area contributed by atoms with Gasteiger partial charge in [0.15, 0.2) is 17.5 Å². The van der Waals surface area contributed by atoms with E-state index in [1.807, 2.05) is 24.3 Å². The molecule has 11 rings (SSSR count). The van der Waals surface area contributed by atoms with Crippen molar-refractivity contribution < 1.29 is 0 Å². The lowest BCUT2D eigenvalue weighted by Gasteiger charge is -2.12. The first-order valence-electron chi connectivity index (χ1n) is 18.0. The van der Waals surface area contributed by atoms with E-state index in [2.05, 4.69) is 162 Å². The van der Waals surface area contributed by atoms with E-state index in [0.717, 1.165) is 33.5 Å². The van der Waals surface area contributed by atoms with E-state index in [4.69, 9.17) is 15.0 Å². The van der Waals surface area contributed by atoms with Gasteiger partial charge in [-0.15, -0.1) is 0 Å². The van der Waals surface area contributed by atoms with Gasteiger partial charge >= 0.3 is 0 Å². The number of hydrogen-bond acceptors (Lipinski definition) is 3. The second-order valence-electron chi connectivity index (χ2n) is 13.6. The number of para-hydroxylation sites is 1. The maximum absolute atomic E-state index is 5.23. The second kappa shape index (κ2) is 11.7. The highest BCUT2D eigenvalue weighted by Gasteiger charge is 2.24. The van der Waals surface area contributed by atoms with Gasteiger partial charge in [0.2, 0.25) is 0 Å². The molecular formula is C49H30N4. The fourth-order valence-corrected chi connectivity index (χ4v) is 8.14. The van der Waals surface area contributed by atoms with Gasteiger partial charge in [-0.25, -0.2) is 15.0 Å². The highest BCUT2D eigenvalue weighted by molar-refractivity contribution is 6.38. The normalized spacial score (nSPS) is 11.8. The Morgan fingerprint density at radius 3 is 1.45 bits per heavy atom. The molecule has 0 spiro atoms. The van der Waals surface area contributed by atoms with E-state index in [-0.39, 0.29) is 0 Å². The summed E-state index contributed by atoms with van der Waals surface area (Å²) >= 11 is 0. The van der Waals surface area contributed by atoms with Gasteiger partial charge in [-0.2, -0.15) is 0 Å². The number of hydrogen-bond donors (Lipinski definition) is 0. The minimum absolute atomic E-state index is 0.636. The topological polar surface area (TPSA) is 43.6 Å². The zero-order valence-electron chi connectivity index (χ0n) is 28.6. The smallest absolute Gasteiger partial charge is 0.164 e. The molecule has 0 saturated heterocycles. The van der Waals surface area contributed by atoms with Crippen LogP contribution in [0.1, 0.15) is 0 Å². The first-order chi connectivity index (χ1) is 26.3. The monoisotopic (exact) mass is 674 g/mol. The van der Waals surface area contributed by atoms with Crippen LogP contribution in [0.2, 0.25) is 0 Å². The molecule has 53 heavy (non-hydrogen) atoms. The Morgan fingerprint density at radius 2 is 0.792 bits per heavy atom. The third kappa shape index (κ3) is 4.66. The molecule has 0 bridgehead atoms. The Bertz CT molecular complexity index is 3130. The van der Waals surface area contributed by atoms with Gasteiger partial charge in [-0.05, 0) is 68.4 Å². The average Bonchev–Trinajstić information content (AvgIpc) is 3.59. The van der Waals surface area contributed by atoms with Crippen LogP contribution in [0.25, 0.3) is 105 Å². The first-order valence-corrected chi connectivity index (χ1v) is 18.0. The quantitative estimate of drug-likeness (QED) is 0.135. The molecule has 11 aromatic rings. The van der Waals surface area contributed by atoms with Crippen LogP contribution in [-0.4, -0.2) is 19.5 Å². The second-order valence-corrected chi connectivity index (χ2v) is 13.6. The summed E-state index contributed by atoms with van der Waals surface area (Å²) in [7, 11) is 0. The summed E-state index contributed by atoms with van der Waals surface area (Å²) in [6.45, 7) is 0. The Morgan fingerprint density at radius 1 is 0.321 bits per heavy atom. The SMILES string of the molecule is c1ccc(-c2ccc(-c3nc(-c4ccccc4)nc(-c4cc5c6ccccc6c6cc7ccccc7c7c6c5c(c4)n7-c4ccccc4)n3)cc2)cc1. The summed E-state index contributed by atoms with van der Waals surface area (Å²) in [5.41, 5.74) is 8.60. The number of nitrogens with zero attached hydrogens (tertiary/aromatic N) is 4. The third-order valence-corrected chi connectivity index (χ3v) is 10.6. The van der Waals surface area contributed by atoms with Crippen LogP contribution >= 0.6 is 0 Å². The van der Waals surface area contributed by atoms with Crippen molar-refractivity contribution in [1.82, 2.24) is 19.5 Å². The van der Waals surface area contributed by atoms with Gasteiger partial charge in [0, 0.05) is 38.5 Å². The maximum Gasteiger partial charge on any atom is 0.164 e. The van der Waals surface area contributed by atoms with Gasteiger partial charge in [0.05, 0.1) is 11.0 Å². The summed E-state index contributed by atoms with van der Waals surface area (Å²) in [4.78, 5) is 15.5. The predicted octanol–water partition coefficient (Wildman–Crippen LogP) is 12.5. The van der Waals surface area contributed by atoms with E-state index in [0.29, 0.717) is 17.5 Å². The number of benzene rings is 9. The fraction of sp³-hybridized carbons (Fsp3) is 0. The van der Waals surface area contributed by atoms with Crippen molar-refractivity contribution in [3.8, 4) is 51.0 Å². The summed E-state index contributed by atoms with van der Waals surface area (Å²) in [6, 6.07) is 64.3. The van der Waals surface area contributed by atoms with Crippen LogP contribution in [0.3, 0.4) is 0 Å². The molecule has 0 radical (unpaired) electrons. The highest BCUT2D eigenvalue weighted by Crippen LogP contribution is 2.47. The summed E-state index contributed by atoms with van der Waals surface area (Å²) in [5, 5.41) is 9.88. The largest absolute Gasteiger partial charge is 0.309 e. The standard InChI is InChI=1S/C49H30N4/c1-4-14-31(15-5-1)32-24-26-34(27-25-32)48-50-47(33-16-6-2-7-17-33)51-49(52-48)36-29-41-39-22-12-13-23-40(39)42-28-35-18-10-11-21-38(35)46-45(42)44(41)43(30-36)53(46)37-19-8-3-9-20-37/h1-30H. The van der Waals surface area contributed by atoms with Crippen LogP contribution < -0.4 is 0 Å². The van der Waals surface area contributed by atoms with E-state index < -0.39 is 0 Å². The Hall–Kier alpha value is -7.17. The summed E-state index contributed by atoms with van der Waals surface area (Å²) < 4.78 is 2.44. The lowest BCUT2D eigenvalue weighted by molar-refractivity contribution is 1.07. The fourth-order valence-electron chi connectivity index (χ4n) is 8.14. The van der Waals surface area contributed by atoms with Crippen molar-refractivity contribution in [2.45, 2.75) is 0 Å². The molecule has 0 unspecified atom stereocenters. The molecule has 0 atom stereocenters. The molecule has 4 heteroatoms. The number of fused-ring (bicyclic) bond motifs is 5. The van der Waals surface area contributed by atoms with Crippen LogP contribution in [-0.2, 0) is 0 Å². The number of rotatable bonds is 5. The van der Waals surface area contributed by atoms with Gasteiger partial charge in [-0.3, -0.25) is 0 Å². The van der Waals surface area contributed by atoms with Crippen molar-refractivity contribution in [2.75, 3.05) is 0 Å². The molecule has 0 aliphatic heterocycles. The average molecular weight is 675 g/mol. The molecule has 0 saturated carbocycles. The number of aromatic nitrogens is 4. The van der Waals surface area contributed by atoms with Gasteiger partial charge in [0.25, 0.3) is 0 Å². The Kier molecular flexibility index (Phi) is 6.52. The summed E-state index contributed by atoms with van der Waals surface area (Å²) in [5.74, 6) is 1.92. The Balaban J connectivity index is 1.23. The van der Waals surface area contributed by atoms with E-state index in [1.165, 1.54) is 54.2 Å². The van der Waals surface area contributed by atoms with Crippen LogP contribution in [0.15, 0.2) is 182 Å². The minimum atomic E-state index is 0.636. The van der Waals surface area contributed by atoms with Crippen LogP contribution in [0.4, 0.5) is 0 Å². The van der Waals surface area contributed by atoms with Gasteiger partial charge in [-0.1, -0.05) is 152 Å². The molecular weight excluding hydrogens is 645 g/mol. The predicted molar refractivity (Wildman–Crippen MR) is 220 cm³/mol. The molecule has 2 heterocycles. The van der Waals surface area contributed by atoms with E-state index >= 15 is 0 Å². The van der Waals surface area contributed by atoms with Gasteiger partial charge in [0.1, 0.15) is 0 Å². The van der Waals surface area contributed by atoms with Crippen molar-refractivity contribution in [3.05, 3.63) is 182 Å². The van der Waals surface area contributed by atoms with Crippen molar-refractivity contribution in [3.63, 3.8) is 0 Å². The van der Waals surface area contributed by atoms with E-state index in [1.54, 1.807) is 0 Å². The molecule has 4 nitrogen and oxygen atoms in total. The lowest BCUT2D eigenvalue weighted by Crippen LogP contribution is -2.01. The minimum Gasteiger partial charge on any atom is -0.309 e. The van der Waals surface area contributed by atoms with Gasteiger partial charge < -0.3 is 4.57 Å². The Labute approximate surface area is 305 Å². The molecule has 0 aliphatic rings. The van der Waals surface area contributed by atoms with Crippen molar-refractivity contribution >= 4 is 54.1 Å². The third-order valence-electron chi connectivity index (χ3n) is 10.6. The van der Waals surface area contributed by atoms with Crippen molar-refractivity contribution in [2.24, 2.45) is 0 Å². The molecule has 2 aromatic heterocycles. The molecule has 0 fully saturated rings. The molecule has 246 valence electrons. The van der Waals surface area contributed by atoms with Crippen LogP contribution in [0, 0.1) is 0 Å². The highest BCUT2D eigenvalue weighted by atomic mass is 15.0. The summed E-state index contributed by atoms with van der Waals surface area (Å²) in [6.07, 6.45) is 0. The lowest BCUT2D eigenvalue weighted by atomic mass is 9.91. The molecule has 0 N–H and O–H groups in total. The first kappa shape index (κ1) is 29.5. The maximum atomic E-state index is 5.23. The van der Waals surface area contributed by atoms with Crippen molar-refractivity contribution in [1.29, 1.82) is 0 Å².